The summed E-state index contributed by atoms with van der Waals surface area (Å²) in [6.07, 6.45) is 0.813. The van der Waals surface area contributed by atoms with Gasteiger partial charge in [0, 0.05) is 51.0 Å². The standard InChI is InChI=1S/C22H30N4O2/c1-3-23-22(24-11-10-18-6-4-8-20(27)16-18)26-14-12-25(13-15-26)19-7-5-9-21(17-19)28-2/h4-9,16-17,27H,3,10-15H2,1-2H3,(H,23,24). The number of guanidine groups is 1. The number of ether oxygens (including phenoxy) is 1. The summed E-state index contributed by atoms with van der Waals surface area (Å²) < 4.78 is 5.34. The largest absolute Gasteiger partial charge is 0.508 e. The van der Waals surface area contributed by atoms with Crippen molar-refractivity contribution in [3.05, 3.63) is 54.1 Å². The zero-order valence-electron chi connectivity index (χ0n) is 16.8. The summed E-state index contributed by atoms with van der Waals surface area (Å²) in [6, 6.07) is 15.6. The van der Waals surface area contributed by atoms with Gasteiger partial charge in [-0.1, -0.05) is 18.2 Å². The second kappa shape index (κ2) is 9.88. The van der Waals surface area contributed by atoms with Crippen molar-refractivity contribution < 1.29 is 9.84 Å². The van der Waals surface area contributed by atoms with Gasteiger partial charge in [-0.15, -0.1) is 0 Å². The maximum atomic E-state index is 9.59. The van der Waals surface area contributed by atoms with Gasteiger partial charge >= 0.3 is 0 Å². The van der Waals surface area contributed by atoms with E-state index in [0.29, 0.717) is 12.3 Å². The second-order valence-corrected chi connectivity index (χ2v) is 6.83. The highest BCUT2D eigenvalue weighted by Crippen LogP contribution is 2.22. The molecule has 0 spiro atoms. The van der Waals surface area contributed by atoms with Crippen molar-refractivity contribution in [1.82, 2.24) is 10.2 Å². The van der Waals surface area contributed by atoms with Crippen molar-refractivity contribution in [1.29, 1.82) is 0 Å². The highest BCUT2D eigenvalue weighted by atomic mass is 16.5. The summed E-state index contributed by atoms with van der Waals surface area (Å²) in [4.78, 5) is 9.50. The summed E-state index contributed by atoms with van der Waals surface area (Å²) in [5, 5.41) is 13.0. The van der Waals surface area contributed by atoms with Gasteiger partial charge in [-0.25, -0.2) is 0 Å². The monoisotopic (exact) mass is 382 g/mol. The zero-order chi connectivity index (χ0) is 19.8. The lowest BCUT2D eigenvalue weighted by Crippen LogP contribution is -2.52. The van der Waals surface area contributed by atoms with Crippen LogP contribution in [0.2, 0.25) is 0 Å². The van der Waals surface area contributed by atoms with E-state index in [1.807, 2.05) is 24.3 Å². The molecular weight excluding hydrogens is 352 g/mol. The van der Waals surface area contributed by atoms with E-state index in [0.717, 1.165) is 56.4 Å². The van der Waals surface area contributed by atoms with Gasteiger partial charge in [-0.3, -0.25) is 4.99 Å². The molecule has 0 unspecified atom stereocenters. The Morgan fingerprint density at radius 1 is 1.11 bits per heavy atom. The molecular formula is C22H30N4O2. The van der Waals surface area contributed by atoms with Crippen LogP contribution in [0.1, 0.15) is 12.5 Å². The molecule has 1 saturated heterocycles. The number of nitrogens with one attached hydrogen (secondary N) is 1. The number of aromatic hydroxyl groups is 1. The molecule has 3 rings (SSSR count). The van der Waals surface area contributed by atoms with Gasteiger partial charge in [0.1, 0.15) is 11.5 Å². The predicted molar refractivity (Wildman–Crippen MR) is 115 cm³/mol. The minimum absolute atomic E-state index is 0.307. The number of nitrogens with zero attached hydrogens (tertiary/aromatic N) is 3. The van der Waals surface area contributed by atoms with Gasteiger partial charge in [0.15, 0.2) is 5.96 Å². The quantitative estimate of drug-likeness (QED) is 0.594. The number of hydrogen-bond acceptors (Lipinski definition) is 4. The van der Waals surface area contributed by atoms with Crippen LogP contribution in [-0.2, 0) is 6.42 Å². The summed E-state index contributed by atoms with van der Waals surface area (Å²) in [5.41, 5.74) is 2.30. The van der Waals surface area contributed by atoms with Crippen LogP contribution >= 0.6 is 0 Å². The Hall–Kier alpha value is -2.89. The summed E-state index contributed by atoms with van der Waals surface area (Å²) in [7, 11) is 1.70. The molecule has 1 heterocycles. The highest BCUT2D eigenvalue weighted by molar-refractivity contribution is 5.80. The van der Waals surface area contributed by atoms with Crippen LogP contribution < -0.4 is 15.0 Å². The van der Waals surface area contributed by atoms with Crippen LogP contribution in [0.3, 0.4) is 0 Å². The van der Waals surface area contributed by atoms with E-state index in [2.05, 4.69) is 34.2 Å². The molecule has 0 saturated carbocycles. The predicted octanol–water partition coefficient (Wildman–Crippen LogP) is 2.73. The zero-order valence-corrected chi connectivity index (χ0v) is 16.8. The first-order chi connectivity index (χ1) is 13.7. The Bertz CT molecular complexity index is 786. The van der Waals surface area contributed by atoms with E-state index in [-0.39, 0.29) is 0 Å². The molecule has 1 fully saturated rings. The fourth-order valence-electron chi connectivity index (χ4n) is 3.41. The number of phenolic OH excluding ortho intramolecular Hbond substituents is 1. The molecule has 6 heteroatoms. The van der Waals surface area contributed by atoms with Crippen molar-refractivity contribution in [2.24, 2.45) is 4.99 Å². The fourth-order valence-corrected chi connectivity index (χ4v) is 3.41. The first-order valence-electron chi connectivity index (χ1n) is 9.89. The third-order valence-electron chi connectivity index (χ3n) is 4.91. The average molecular weight is 383 g/mol. The van der Waals surface area contributed by atoms with E-state index in [1.165, 1.54) is 5.69 Å². The lowest BCUT2D eigenvalue weighted by atomic mass is 10.1. The van der Waals surface area contributed by atoms with Gasteiger partial charge < -0.3 is 25.0 Å². The van der Waals surface area contributed by atoms with Gasteiger partial charge in [0.05, 0.1) is 7.11 Å². The van der Waals surface area contributed by atoms with Crippen molar-refractivity contribution in [2.45, 2.75) is 13.3 Å². The highest BCUT2D eigenvalue weighted by Gasteiger charge is 2.20. The van der Waals surface area contributed by atoms with Crippen LogP contribution in [0.15, 0.2) is 53.5 Å². The fraction of sp³-hybridized carbons (Fsp3) is 0.409. The van der Waals surface area contributed by atoms with Crippen LogP contribution in [-0.4, -0.2) is 62.3 Å². The molecule has 6 nitrogen and oxygen atoms in total. The number of anilines is 1. The molecule has 0 aromatic heterocycles. The number of hydrogen-bond donors (Lipinski definition) is 2. The summed E-state index contributed by atoms with van der Waals surface area (Å²) in [6.45, 7) is 7.39. The third kappa shape index (κ3) is 5.31. The molecule has 2 N–H and O–H groups in total. The number of rotatable bonds is 6. The molecule has 1 aliphatic heterocycles. The first kappa shape index (κ1) is 19.9. The first-order valence-corrected chi connectivity index (χ1v) is 9.89. The number of phenols is 1. The normalized spacial score (nSPS) is 14.9. The lowest BCUT2D eigenvalue weighted by Gasteiger charge is -2.37. The molecule has 2 aromatic rings. The SMILES string of the molecule is CCNC(=NCCc1cccc(O)c1)N1CCN(c2cccc(OC)c2)CC1. The number of piperazine rings is 1. The van der Waals surface area contributed by atoms with Crippen LogP contribution in [0.4, 0.5) is 5.69 Å². The molecule has 0 radical (unpaired) electrons. The Morgan fingerprint density at radius 3 is 2.61 bits per heavy atom. The van der Waals surface area contributed by atoms with E-state index in [4.69, 9.17) is 9.73 Å². The molecule has 28 heavy (non-hydrogen) atoms. The Morgan fingerprint density at radius 2 is 1.89 bits per heavy atom. The molecule has 1 aliphatic rings. The third-order valence-corrected chi connectivity index (χ3v) is 4.91. The molecule has 0 atom stereocenters. The van der Waals surface area contributed by atoms with Gasteiger partial charge in [-0.2, -0.15) is 0 Å². The molecule has 0 aliphatic carbocycles. The Labute approximate surface area is 167 Å². The van der Waals surface area contributed by atoms with Crippen LogP contribution in [0.25, 0.3) is 0 Å². The van der Waals surface area contributed by atoms with Crippen molar-refractivity contribution in [3.63, 3.8) is 0 Å². The molecule has 0 bridgehead atoms. The Balaban J connectivity index is 1.57. The van der Waals surface area contributed by atoms with Gasteiger partial charge in [-0.05, 0) is 43.2 Å². The van der Waals surface area contributed by atoms with Crippen LogP contribution in [0, 0.1) is 0 Å². The van der Waals surface area contributed by atoms with Crippen LogP contribution in [0.5, 0.6) is 11.5 Å². The minimum atomic E-state index is 0.307. The van der Waals surface area contributed by atoms with Crippen molar-refractivity contribution in [2.75, 3.05) is 51.3 Å². The van der Waals surface area contributed by atoms with E-state index >= 15 is 0 Å². The number of aliphatic imine (C=N–C) groups is 1. The molecule has 150 valence electrons. The van der Waals surface area contributed by atoms with E-state index < -0.39 is 0 Å². The van der Waals surface area contributed by atoms with Crippen molar-refractivity contribution >= 4 is 11.6 Å². The molecule has 2 aromatic carbocycles. The second-order valence-electron chi connectivity index (χ2n) is 6.83. The molecule has 0 amide bonds. The smallest absolute Gasteiger partial charge is 0.194 e. The van der Waals surface area contributed by atoms with E-state index in [1.54, 1.807) is 19.2 Å². The summed E-state index contributed by atoms with van der Waals surface area (Å²) >= 11 is 0. The Kier molecular flexibility index (Phi) is 7.00. The maximum Gasteiger partial charge on any atom is 0.194 e. The topological polar surface area (TPSA) is 60.3 Å². The number of methoxy groups -OCH3 is 1. The lowest BCUT2D eigenvalue weighted by molar-refractivity contribution is 0.372. The summed E-state index contributed by atoms with van der Waals surface area (Å²) in [5.74, 6) is 2.16. The van der Waals surface area contributed by atoms with Crippen molar-refractivity contribution in [3.8, 4) is 11.5 Å². The van der Waals surface area contributed by atoms with E-state index in [9.17, 15) is 5.11 Å². The number of benzene rings is 2. The van der Waals surface area contributed by atoms with Gasteiger partial charge in [0.2, 0.25) is 0 Å². The average Bonchev–Trinajstić information content (AvgIpc) is 2.73. The minimum Gasteiger partial charge on any atom is -0.508 e. The van der Waals surface area contributed by atoms with Gasteiger partial charge in [0.25, 0.3) is 0 Å². The maximum absolute atomic E-state index is 9.59.